The molecule has 0 bridgehead atoms. The van der Waals surface area contributed by atoms with Gasteiger partial charge < -0.3 is 10.6 Å². The molecular weight excluding hydrogens is 194 g/mol. The van der Waals surface area contributed by atoms with Crippen molar-refractivity contribution in [3.05, 3.63) is 22.4 Å². The van der Waals surface area contributed by atoms with Crippen LogP contribution in [0.2, 0.25) is 0 Å². The lowest BCUT2D eigenvalue weighted by molar-refractivity contribution is 0.342. The van der Waals surface area contributed by atoms with Crippen molar-refractivity contribution in [2.75, 3.05) is 6.54 Å². The molecule has 0 amide bonds. The first-order valence-corrected chi connectivity index (χ1v) is 5.86. The Hall–Kier alpha value is -1.03. The minimum atomic E-state index is 0.419. The molecule has 1 fully saturated rings. The monoisotopic (exact) mass is 207 g/mol. The summed E-state index contributed by atoms with van der Waals surface area (Å²) < 4.78 is 0. The molecule has 1 saturated carbocycles. The van der Waals surface area contributed by atoms with Crippen LogP contribution in [-0.4, -0.2) is 23.4 Å². The normalized spacial score (nSPS) is 26.7. The average molecular weight is 207 g/mol. The number of guanidine groups is 1. The van der Waals surface area contributed by atoms with Gasteiger partial charge in [0.05, 0.1) is 12.6 Å². The number of nitrogens with zero attached hydrogens (tertiary/aromatic N) is 2. The van der Waals surface area contributed by atoms with E-state index in [1.165, 1.54) is 17.7 Å². The van der Waals surface area contributed by atoms with Crippen LogP contribution in [-0.2, 0) is 0 Å². The van der Waals surface area contributed by atoms with Crippen molar-refractivity contribution in [2.24, 2.45) is 10.7 Å². The Morgan fingerprint density at radius 3 is 3.00 bits per heavy atom. The van der Waals surface area contributed by atoms with E-state index in [2.05, 4.69) is 27.4 Å². The number of hydrogen-bond donors (Lipinski definition) is 1. The predicted octanol–water partition coefficient (Wildman–Crippen LogP) is 1.58. The Morgan fingerprint density at radius 2 is 2.36 bits per heavy atom. The van der Waals surface area contributed by atoms with Gasteiger partial charge in [-0.3, -0.25) is 4.99 Å². The van der Waals surface area contributed by atoms with Gasteiger partial charge in [-0.15, -0.1) is 11.3 Å². The van der Waals surface area contributed by atoms with Crippen LogP contribution in [0.4, 0.5) is 0 Å². The van der Waals surface area contributed by atoms with E-state index in [4.69, 9.17) is 5.73 Å². The molecule has 0 aromatic carbocycles. The van der Waals surface area contributed by atoms with Crippen LogP contribution in [0.15, 0.2) is 22.5 Å². The van der Waals surface area contributed by atoms with Gasteiger partial charge in [-0.25, -0.2) is 0 Å². The summed E-state index contributed by atoms with van der Waals surface area (Å²) in [5, 5.41) is 2.12. The second-order valence-electron chi connectivity index (χ2n) is 3.87. The molecule has 1 aliphatic heterocycles. The van der Waals surface area contributed by atoms with E-state index in [9.17, 15) is 0 Å². The molecule has 2 heterocycles. The summed E-state index contributed by atoms with van der Waals surface area (Å²) in [6.07, 6.45) is 2.55. The summed E-state index contributed by atoms with van der Waals surface area (Å²) in [6, 6.07) is 5.36. The molecule has 4 heteroatoms. The van der Waals surface area contributed by atoms with E-state index in [0.717, 1.165) is 12.5 Å². The van der Waals surface area contributed by atoms with Crippen molar-refractivity contribution in [2.45, 2.75) is 24.9 Å². The molecule has 1 aliphatic carbocycles. The van der Waals surface area contributed by atoms with Gasteiger partial charge in [0.15, 0.2) is 5.96 Å². The highest BCUT2D eigenvalue weighted by Gasteiger charge is 2.39. The highest BCUT2D eigenvalue weighted by Crippen LogP contribution is 2.38. The minimum Gasteiger partial charge on any atom is -0.370 e. The SMILES string of the molecule is NC1=NCC(c2cccs2)N1C1CC1. The molecule has 14 heavy (non-hydrogen) atoms. The summed E-state index contributed by atoms with van der Waals surface area (Å²) >= 11 is 1.80. The van der Waals surface area contributed by atoms with E-state index in [0.29, 0.717) is 12.1 Å². The van der Waals surface area contributed by atoms with Crippen LogP contribution in [0.25, 0.3) is 0 Å². The smallest absolute Gasteiger partial charge is 0.192 e. The number of thiophene rings is 1. The Kier molecular flexibility index (Phi) is 1.77. The maximum Gasteiger partial charge on any atom is 0.192 e. The van der Waals surface area contributed by atoms with Gasteiger partial charge in [0.2, 0.25) is 0 Å². The largest absolute Gasteiger partial charge is 0.370 e. The quantitative estimate of drug-likeness (QED) is 0.800. The molecule has 1 aromatic heterocycles. The summed E-state index contributed by atoms with van der Waals surface area (Å²) in [5.74, 6) is 0.742. The van der Waals surface area contributed by atoms with E-state index in [1.54, 1.807) is 11.3 Å². The Bertz CT molecular complexity index is 353. The number of rotatable bonds is 2. The summed E-state index contributed by atoms with van der Waals surface area (Å²) in [5.41, 5.74) is 5.90. The van der Waals surface area contributed by atoms with Crippen molar-refractivity contribution >= 4 is 17.3 Å². The topological polar surface area (TPSA) is 41.6 Å². The van der Waals surface area contributed by atoms with Crippen LogP contribution in [0.3, 0.4) is 0 Å². The lowest BCUT2D eigenvalue weighted by Crippen LogP contribution is -2.37. The molecular formula is C10H13N3S. The molecule has 1 atom stereocenters. The third-order valence-corrected chi connectivity index (χ3v) is 3.81. The highest BCUT2D eigenvalue weighted by atomic mass is 32.1. The third-order valence-electron chi connectivity index (χ3n) is 2.84. The average Bonchev–Trinajstić information content (AvgIpc) is 2.75. The van der Waals surface area contributed by atoms with Crippen molar-refractivity contribution in [3.63, 3.8) is 0 Å². The first-order chi connectivity index (χ1) is 6.86. The van der Waals surface area contributed by atoms with Crippen molar-refractivity contribution in [1.82, 2.24) is 4.90 Å². The second kappa shape index (κ2) is 2.98. The maximum atomic E-state index is 5.90. The molecule has 74 valence electrons. The van der Waals surface area contributed by atoms with Gasteiger partial charge in [-0.2, -0.15) is 0 Å². The zero-order valence-electron chi connectivity index (χ0n) is 7.89. The third kappa shape index (κ3) is 1.21. The fourth-order valence-electron chi connectivity index (χ4n) is 2.01. The van der Waals surface area contributed by atoms with Crippen LogP contribution < -0.4 is 5.73 Å². The number of aliphatic imine (C=N–C) groups is 1. The van der Waals surface area contributed by atoms with Gasteiger partial charge in [-0.1, -0.05) is 6.07 Å². The Morgan fingerprint density at radius 1 is 1.50 bits per heavy atom. The molecule has 0 spiro atoms. The van der Waals surface area contributed by atoms with Gasteiger partial charge in [0.25, 0.3) is 0 Å². The predicted molar refractivity (Wildman–Crippen MR) is 58.4 cm³/mol. The van der Waals surface area contributed by atoms with E-state index >= 15 is 0 Å². The first-order valence-electron chi connectivity index (χ1n) is 4.98. The zero-order chi connectivity index (χ0) is 9.54. The van der Waals surface area contributed by atoms with Crippen LogP contribution >= 0.6 is 11.3 Å². The maximum absolute atomic E-state index is 5.90. The zero-order valence-corrected chi connectivity index (χ0v) is 8.70. The number of hydrogen-bond acceptors (Lipinski definition) is 4. The summed E-state index contributed by atoms with van der Waals surface area (Å²) in [6.45, 7) is 0.836. The van der Waals surface area contributed by atoms with Crippen LogP contribution in [0.5, 0.6) is 0 Å². The molecule has 1 unspecified atom stereocenters. The van der Waals surface area contributed by atoms with Crippen LogP contribution in [0, 0.1) is 0 Å². The second-order valence-corrected chi connectivity index (χ2v) is 4.85. The molecule has 3 nitrogen and oxygen atoms in total. The molecule has 2 N–H and O–H groups in total. The number of nitrogens with two attached hydrogens (primary N) is 1. The highest BCUT2D eigenvalue weighted by molar-refractivity contribution is 7.10. The fourth-order valence-corrected chi connectivity index (χ4v) is 2.83. The van der Waals surface area contributed by atoms with Gasteiger partial charge >= 0.3 is 0 Å². The van der Waals surface area contributed by atoms with Gasteiger partial charge in [-0.05, 0) is 24.3 Å². The van der Waals surface area contributed by atoms with Crippen molar-refractivity contribution < 1.29 is 0 Å². The molecule has 2 aliphatic rings. The lowest BCUT2D eigenvalue weighted by atomic mass is 10.2. The van der Waals surface area contributed by atoms with Gasteiger partial charge in [0.1, 0.15) is 0 Å². The van der Waals surface area contributed by atoms with Gasteiger partial charge in [0, 0.05) is 10.9 Å². The lowest BCUT2D eigenvalue weighted by Gasteiger charge is -2.25. The first kappa shape index (κ1) is 8.29. The Balaban J connectivity index is 1.87. The standard InChI is InChI=1S/C10H13N3S/c11-10-12-6-8(9-2-1-5-14-9)13(10)7-3-4-7/h1-2,5,7-8H,3-4,6H2,(H2,11,12). The molecule has 0 saturated heterocycles. The Labute approximate surface area is 87.2 Å². The molecule has 1 aromatic rings. The summed E-state index contributed by atoms with van der Waals surface area (Å²) in [7, 11) is 0. The van der Waals surface area contributed by atoms with Crippen molar-refractivity contribution in [3.8, 4) is 0 Å². The molecule has 3 rings (SSSR count). The summed E-state index contributed by atoms with van der Waals surface area (Å²) in [4.78, 5) is 8.03. The fraction of sp³-hybridized carbons (Fsp3) is 0.500. The van der Waals surface area contributed by atoms with Crippen molar-refractivity contribution in [1.29, 1.82) is 0 Å². The molecule has 0 radical (unpaired) electrons. The van der Waals surface area contributed by atoms with E-state index in [-0.39, 0.29) is 0 Å². The van der Waals surface area contributed by atoms with Crippen LogP contribution in [0.1, 0.15) is 23.8 Å². The van der Waals surface area contributed by atoms with E-state index in [1.807, 2.05) is 0 Å². The minimum absolute atomic E-state index is 0.419. The van der Waals surface area contributed by atoms with E-state index < -0.39 is 0 Å².